The van der Waals surface area contributed by atoms with Gasteiger partial charge >= 0.3 is 0 Å². The Balaban J connectivity index is 1.89. The molecule has 0 amide bonds. The molecule has 0 bridgehead atoms. The summed E-state index contributed by atoms with van der Waals surface area (Å²) >= 11 is 0. The van der Waals surface area contributed by atoms with Crippen molar-refractivity contribution in [3.05, 3.63) is 40.4 Å². The molecule has 3 rings (SSSR count). The second kappa shape index (κ2) is 8.92. The minimum absolute atomic E-state index is 0.00225. The Labute approximate surface area is 159 Å². The molecule has 1 aromatic carbocycles. The Kier molecular flexibility index (Phi) is 6.59. The Hall–Kier alpha value is -1.81. The number of aromatic nitrogens is 2. The van der Waals surface area contributed by atoms with Crippen molar-refractivity contribution in [1.82, 2.24) is 18.6 Å². The minimum Gasteiger partial charge on any atom is -0.383 e. The lowest BCUT2D eigenvalue weighted by molar-refractivity contribution is 0.173. The Morgan fingerprint density at radius 3 is 2.59 bits per heavy atom. The topological polar surface area (TPSA) is 95.6 Å². The van der Waals surface area contributed by atoms with Crippen LogP contribution in [0.2, 0.25) is 0 Å². The summed E-state index contributed by atoms with van der Waals surface area (Å²) in [5, 5.41) is 0.486. The largest absolute Gasteiger partial charge is 0.383 e. The highest BCUT2D eigenvalue weighted by Gasteiger charge is 2.30. The maximum Gasteiger partial charge on any atom is 0.282 e. The van der Waals surface area contributed by atoms with Gasteiger partial charge in [0.2, 0.25) is 0 Å². The third kappa shape index (κ3) is 4.73. The monoisotopic (exact) mass is 394 g/mol. The van der Waals surface area contributed by atoms with Crippen LogP contribution in [0.4, 0.5) is 0 Å². The molecule has 0 unspecified atom stereocenters. The fourth-order valence-corrected chi connectivity index (χ4v) is 4.92. The van der Waals surface area contributed by atoms with Gasteiger partial charge in [-0.1, -0.05) is 25.0 Å². The molecule has 27 heavy (non-hydrogen) atoms. The molecule has 1 N–H and O–H groups in total. The molecule has 2 aromatic rings. The van der Waals surface area contributed by atoms with Crippen molar-refractivity contribution in [2.75, 3.05) is 33.4 Å². The predicted molar refractivity (Wildman–Crippen MR) is 104 cm³/mol. The van der Waals surface area contributed by atoms with Gasteiger partial charge in [0, 0.05) is 26.7 Å². The zero-order valence-electron chi connectivity index (χ0n) is 15.6. The van der Waals surface area contributed by atoms with Gasteiger partial charge in [-0.05, 0) is 25.0 Å². The van der Waals surface area contributed by atoms with E-state index in [-0.39, 0.29) is 25.3 Å². The second-order valence-corrected chi connectivity index (χ2v) is 8.61. The molecular weight excluding hydrogens is 368 g/mol. The summed E-state index contributed by atoms with van der Waals surface area (Å²) in [6, 6.07) is 7.02. The summed E-state index contributed by atoms with van der Waals surface area (Å²) in [5.74, 6) is 0.327. The Morgan fingerprint density at radius 2 is 1.89 bits per heavy atom. The molecule has 1 aliphatic heterocycles. The van der Waals surface area contributed by atoms with E-state index in [1.54, 1.807) is 24.3 Å². The highest BCUT2D eigenvalue weighted by molar-refractivity contribution is 7.86. The van der Waals surface area contributed by atoms with E-state index in [1.165, 1.54) is 15.7 Å². The molecule has 8 nitrogen and oxygen atoms in total. The molecule has 2 heterocycles. The number of benzene rings is 1. The van der Waals surface area contributed by atoms with Gasteiger partial charge in [0.15, 0.2) is 0 Å². The van der Waals surface area contributed by atoms with Crippen LogP contribution in [0, 0.1) is 0 Å². The maximum atomic E-state index is 13.2. The molecule has 0 radical (unpaired) electrons. The van der Waals surface area contributed by atoms with Crippen molar-refractivity contribution in [1.29, 1.82) is 0 Å². The lowest BCUT2D eigenvalue weighted by Gasteiger charge is -2.28. The summed E-state index contributed by atoms with van der Waals surface area (Å²) in [4.78, 5) is 19.4. The number of nitrogens with zero attached hydrogens (tertiary/aromatic N) is 3. The van der Waals surface area contributed by atoms with E-state index in [0.29, 0.717) is 29.8 Å². The number of hydrogen-bond donors (Lipinski definition) is 1. The number of hydrogen-bond acceptors (Lipinski definition) is 5. The van der Waals surface area contributed by atoms with E-state index in [9.17, 15) is 13.2 Å². The van der Waals surface area contributed by atoms with Crippen LogP contribution in [-0.4, -0.2) is 60.3 Å². The minimum atomic E-state index is -3.66. The van der Waals surface area contributed by atoms with Crippen LogP contribution >= 0.6 is 0 Å². The van der Waals surface area contributed by atoms with Gasteiger partial charge in [-0.15, -0.1) is 0 Å². The summed E-state index contributed by atoms with van der Waals surface area (Å²) in [7, 11) is -2.12. The summed E-state index contributed by atoms with van der Waals surface area (Å²) in [6.07, 6.45) is 3.82. The number of ether oxygens (including phenoxy) is 1. The smallest absolute Gasteiger partial charge is 0.282 e. The number of H-pyrrole nitrogens is 1. The number of para-hydroxylation sites is 1. The van der Waals surface area contributed by atoms with Crippen molar-refractivity contribution in [2.24, 2.45) is 0 Å². The predicted octanol–water partition coefficient (Wildman–Crippen LogP) is 1.49. The zero-order valence-corrected chi connectivity index (χ0v) is 16.4. The molecule has 1 fully saturated rings. The van der Waals surface area contributed by atoms with Gasteiger partial charge in [-0.2, -0.15) is 17.0 Å². The van der Waals surface area contributed by atoms with Crippen molar-refractivity contribution in [2.45, 2.75) is 32.2 Å². The van der Waals surface area contributed by atoms with Crippen molar-refractivity contribution in [3.8, 4) is 0 Å². The van der Waals surface area contributed by atoms with Crippen LogP contribution in [0.15, 0.2) is 29.1 Å². The van der Waals surface area contributed by atoms with Crippen LogP contribution in [-0.2, 0) is 21.5 Å². The Bertz CT molecular complexity index is 920. The second-order valence-electron chi connectivity index (χ2n) is 6.68. The van der Waals surface area contributed by atoms with Crippen molar-refractivity contribution >= 4 is 21.1 Å². The van der Waals surface area contributed by atoms with E-state index in [4.69, 9.17) is 4.74 Å². The first-order chi connectivity index (χ1) is 13.0. The molecule has 0 atom stereocenters. The average Bonchev–Trinajstić information content (AvgIpc) is 2.95. The fourth-order valence-electron chi connectivity index (χ4n) is 3.28. The van der Waals surface area contributed by atoms with Gasteiger partial charge in [0.1, 0.15) is 5.82 Å². The Morgan fingerprint density at radius 1 is 1.19 bits per heavy atom. The summed E-state index contributed by atoms with van der Waals surface area (Å²) in [6.45, 7) is 1.51. The van der Waals surface area contributed by atoms with Crippen molar-refractivity contribution in [3.63, 3.8) is 0 Å². The molecule has 0 spiro atoms. The van der Waals surface area contributed by atoms with Gasteiger partial charge in [0.25, 0.3) is 15.8 Å². The van der Waals surface area contributed by atoms with Gasteiger partial charge in [0.05, 0.1) is 24.1 Å². The first kappa shape index (κ1) is 19.9. The number of fused-ring (bicyclic) bond motifs is 1. The molecule has 1 aromatic heterocycles. The first-order valence-electron chi connectivity index (χ1n) is 9.24. The van der Waals surface area contributed by atoms with Gasteiger partial charge in [-0.25, -0.2) is 4.98 Å². The third-order valence-electron chi connectivity index (χ3n) is 4.75. The zero-order chi connectivity index (χ0) is 19.3. The third-order valence-corrected chi connectivity index (χ3v) is 6.73. The quantitative estimate of drug-likeness (QED) is 0.768. The number of rotatable bonds is 7. The van der Waals surface area contributed by atoms with Crippen LogP contribution in [0.5, 0.6) is 0 Å². The van der Waals surface area contributed by atoms with E-state index in [1.807, 2.05) is 0 Å². The van der Waals surface area contributed by atoms with E-state index in [2.05, 4.69) is 9.97 Å². The molecule has 0 aliphatic carbocycles. The molecular formula is C18H26N4O4S. The van der Waals surface area contributed by atoms with E-state index < -0.39 is 10.2 Å². The highest BCUT2D eigenvalue weighted by atomic mass is 32.2. The van der Waals surface area contributed by atoms with Gasteiger partial charge < -0.3 is 9.72 Å². The van der Waals surface area contributed by atoms with E-state index >= 15 is 0 Å². The number of aromatic amines is 1. The maximum absolute atomic E-state index is 13.2. The van der Waals surface area contributed by atoms with E-state index in [0.717, 1.165) is 25.7 Å². The average molecular weight is 394 g/mol. The summed E-state index contributed by atoms with van der Waals surface area (Å²) < 4.78 is 34.3. The molecule has 0 saturated carbocycles. The highest BCUT2D eigenvalue weighted by Crippen LogP contribution is 2.18. The van der Waals surface area contributed by atoms with Gasteiger partial charge in [-0.3, -0.25) is 4.79 Å². The van der Waals surface area contributed by atoms with Crippen LogP contribution in [0.25, 0.3) is 10.9 Å². The fraction of sp³-hybridized carbons (Fsp3) is 0.556. The summed E-state index contributed by atoms with van der Waals surface area (Å²) in [5.41, 5.74) is 0.282. The molecule has 1 aliphatic rings. The number of nitrogens with one attached hydrogen (secondary N) is 1. The lowest BCUT2D eigenvalue weighted by Crippen LogP contribution is -2.45. The molecule has 9 heteroatoms. The van der Waals surface area contributed by atoms with Crippen LogP contribution in [0.1, 0.15) is 31.5 Å². The van der Waals surface area contributed by atoms with Crippen LogP contribution < -0.4 is 5.56 Å². The standard InChI is InChI=1S/C18H26N4O4S/c1-26-13-12-22(27(24,25)21-10-6-2-3-7-11-21)14-17-19-16-9-5-4-8-15(16)18(23)20-17/h4-5,8-9H,2-3,6-7,10-14H2,1H3,(H,19,20,23). The first-order valence-corrected chi connectivity index (χ1v) is 10.6. The number of methoxy groups -OCH3 is 1. The SMILES string of the molecule is COCCN(Cc1nc2ccccc2c(=O)[nH]1)S(=O)(=O)N1CCCCCC1. The lowest BCUT2D eigenvalue weighted by atomic mass is 10.2. The normalized spacial score (nSPS) is 16.7. The molecule has 1 saturated heterocycles. The van der Waals surface area contributed by atoms with Crippen LogP contribution in [0.3, 0.4) is 0 Å². The van der Waals surface area contributed by atoms with Crippen molar-refractivity contribution < 1.29 is 13.2 Å². The molecule has 148 valence electrons.